The number of imide groups is 1. The normalized spacial score (nSPS) is 17.0. The van der Waals surface area contributed by atoms with Crippen LogP contribution in [-0.4, -0.2) is 22.8 Å². The lowest BCUT2D eigenvalue weighted by molar-refractivity contribution is -0.121. The summed E-state index contributed by atoms with van der Waals surface area (Å²) in [5.41, 5.74) is 0.467. The van der Waals surface area contributed by atoms with Gasteiger partial charge in [0.1, 0.15) is 0 Å². The number of halogens is 2. The van der Waals surface area contributed by atoms with Crippen LogP contribution in [0.1, 0.15) is 77.6 Å². The fourth-order valence-corrected chi connectivity index (χ4v) is 5.17. The molecule has 0 aromatic heterocycles. The van der Waals surface area contributed by atoms with Gasteiger partial charge < -0.3 is 0 Å². The first-order chi connectivity index (χ1) is 13.5. The number of benzene rings is 1. The van der Waals surface area contributed by atoms with E-state index in [2.05, 4.69) is 6.92 Å². The molecule has 1 aromatic carbocycles. The van der Waals surface area contributed by atoms with Crippen molar-refractivity contribution in [1.82, 2.24) is 0 Å². The molecule has 2 rings (SSSR count). The van der Waals surface area contributed by atoms with Crippen molar-refractivity contribution < 1.29 is 9.59 Å². The van der Waals surface area contributed by atoms with Crippen LogP contribution in [0.25, 0.3) is 0 Å². The van der Waals surface area contributed by atoms with Gasteiger partial charge in [-0.3, -0.25) is 9.59 Å². The third-order valence-electron chi connectivity index (χ3n) is 5.03. The molecule has 6 heteroatoms. The Morgan fingerprint density at radius 2 is 1.43 bits per heavy atom. The van der Waals surface area contributed by atoms with Gasteiger partial charge in [0, 0.05) is 16.5 Å². The first-order valence-corrected chi connectivity index (χ1v) is 12.3. The Morgan fingerprint density at radius 3 is 2.00 bits per heavy atom. The number of hydrogen-bond donors (Lipinski definition) is 0. The van der Waals surface area contributed by atoms with Crippen LogP contribution >= 0.6 is 35.0 Å². The van der Waals surface area contributed by atoms with Crippen LogP contribution in [0.2, 0.25) is 10.0 Å². The van der Waals surface area contributed by atoms with E-state index in [0.717, 1.165) is 12.2 Å². The van der Waals surface area contributed by atoms with E-state index >= 15 is 0 Å². The third kappa shape index (κ3) is 7.61. The zero-order chi connectivity index (χ0) is 20.4. The molecule has 0 N–H and O–H groups in total. The van der Waals surface area contributed by atoms with E-state index in [1.807, 2.05) is 0 Å². The molecule has 1 aliphatic heterocycles. The van der Waals surface area contributed by atoms with Crippen LogP contribution in [0.5, 0.6) is 0 Å². The molecule has 1 aliphatic rings. The predicted molar refractivity (Wildman–Crippen MR) is 122 cm³/mol. The lowest BCUT2D eigenvalue weighted by Crippen LogP contribution is -2.31. The maximum Gasteiger partial charge on any atom is 0.247 e. The molecule has 0 radical (unpaired) electrons. The molecule has 156 valence electrons. The highest BCUT2D eigenvalue weighted by Crippen LogP contribution is 2.33. The molecule has 0 unspecified atom stereocenters. The maximum absolute atomic E-state index is 12.7. The molecular weight excluding hydrogens is 413 g/mol. The summed E-state index contributed by atoms with van der Waals surface area (Å²) in [7, 11) is 0. The monoisotopic (exact) mass is 443 g/mol. The van der Waals surface area contributed by atoms with Gasteiger partial charge in [0.05, 0.1) is 10.9 Å². The Bertz CT molecular complexity index is 633. The van der Waals surface area contributed by atoms with Crippen molar-refractivity contribution in [3.05, 3.63) is 28.2 Å². The molecule has 28 heavy (non-hydrogen) atoms. The molecule has 1 atom stereocenters. The first-order valence-electron chi connectivity index (χ1n) is 10.5. The summed E-state index contributed by atoms with van der Waals surface area (Å²) in [5.74, 6) is 0.592. The Morgan fingerprint density at radius 1 is 0.893 bits per heavy atom. The van der Waals surface area contributed by atoms with Gasteiger partial charge in [-0.05, 0) is 30.4 Å². The van der Waals surface area contributed by atoms with Crippen molar-refractivity contribution in [2.75, 3.05) is 10.7 Å². The first kappa shape index (κ1) is 23.6. The van der Waals surface area contributed by atoms with E-state index in [-0.39, 0.29) is 23.5 Å². The number of thioether (sulfide) groups is 1. The SMILES string of the molecule is CCCCCCCCCCCCS[C@H]1CC(=O)N(c2cc(Cl)cc(Cl)c2)C1=O. The minimum Gasteiger partial charge on any atom is -0.274 e. The quantitative estimate of drug-likeness (QED) is 0.237. The van der Waals surface area contributed by atoms with E-state index in [1.165, 1.54) is 62.7 Å². The summed E-state index contributed by atoms with van der Waals surface area (Å²) in [6, 6.07) is 4.81. The Labute approximate surface area is 183 Å². The van der Waals surface area contributed by atoms with E-state index in [9.17, 15) is 9.59 Å². The average Bonchev–Trinajstić information content (AvgIpc) is 2.92. The van der Waals surface area contributed by atoms with Gasteiger partial charge in [0.15, 0.2) is 0 Å². The van der Waals surface area contributed by atoms with Crippen molar-refractivity contribution in [1.29, 1.82) is 0 Å². The van der Waals surface area contributed by atoms with Crippen LogP contribution in [0.4, 0.5) is 5.69 Å². The lowest BCUT2D eigenvalue weighted by atomic mass is 10.1. The van der Waals surface area contributed by atoms with Gasteiger partial charge in [-0.25, -0.2) is 4.90 Å². The van der Waals surface area contributed by atoms with Gasteiger partial charge in [-0.1, -0.05) is 87.9 Å². The van der Waals surface area contributed by atoms with Crippen LogP contribution in [0.3, 0.4) is 0 Å². The summed E-state index contributed by atoms with van der Waals surface area (Å²) in [6.45, 7) is 2.25. The van der Waals surface area contributed by atoms with Gasteiger partial charge in [0.25, 0.3) is 0 Å². The second-order valence-electron chi connectivity index (χ2n) is 7.44. The molecule has 2 amide bonds. The zero-order valence-corrected chi connectivity index (χ0v) is 19.1. The highest BCUT2D eigenvalue weighted by Gasteiger charge is 2.39. The number of anilines is 1. The second kappa shape index (κ2) is 12.8. The maximum atomic E-state index is 12.7. The average molecular weight is 444 g/mol. The van der Waals surface area contributed by atoms with Crippen molar-refractivity contribution >= 4 is 52.5 Å². The molecule has 1 heterocycles. The molecule has 1 saturated heterocycles. The number of carbonyl (C=O) groups excluding carboxylic acids is 2. The molecule has 1 aromatic rings. The Balaban J connectivity index is 1.63. The van der Waals surface area contributed by atoms with E-state index < -0.39 is 0 Å². The van der Waals surface area contributed by atoms with Crippen LogP contribution < -0.4 is 4.90 Å². The van der Waals surface area contributed by atoms with Gasteiger partial charge in [-0.15, -0.1) is 11.8 Å². The summed E-state index contributed by atoms with van der Waals surface area (Å²) < 4.78 is 0. The molecule has 0 saturated carbocycles. The molecule has 0 spiro atoms. The number of unbranched alkanes of at least 4 members (excludes halogenated alkanes) is 9. The van der Waals surface area contributed by atoms with Gasteiger partial charge in [-0.2, -0.15) is 0 Å². The van der Waals surface area contributed by atoms with Crippen molar-refractivity contribution in [3.63, 3.8) is 0 Å². The minimum absolute atomic E-state index is 0.152. The summed E-state index contributed by atoms with van der Waals surface area (Å²) in [4.78, 5) is 26.2. The number of rotatable bonds is 13. The van der Waals surface area contributed by atoms with Crippen molar-refractivity contribution in [3.8, 4) is 0 Å². The fraction of sp³-hybridized carbons (Fsp3) is 0.636. The minimum atomic E-state index is -0.288. The van der Waals surface area contributed by atoms with Crippen molar-refractivity contribution in [2.45, 2.75) is 82.8 Å². The Hall–Kier alpha value is -0.710. The summed E-state index contributed by atoms with van der Waals surface area (Å²) in [5, 5.41) is 0.554. The van der Waals surface area contributed by atoms with E-state index in [1.54, 1.807) is 30.0 Å². The van der Waals surface area contributed by atoms with Gasteiger partial charge >= 0.3 is 0 Å². The highest BCUT2D eigenvalue weighted by molar-refractivity contribution is 8.00. The van der Waals surface area contributed by atoms with Crippen LogP contribution in [0, 0.1) is 0 Å². The Kier molecular flexibility index (Phi) is 10.7. The third-order valence-corrected chi connectivity index (χ3v) is 6.76. The predicted octanol–water partition coefficient (Wildman–Crippen LogP) is 7.28. The fourth-order valence-electron chi connectivity index (χ4n) is 3.49. The number of hydrogen-bond acceptors (Lipinski definition) is 3. The van der Waals surface area contributed by atoms with Crippen LogP contribution in [0.15, 0.2) is 18.2 Å². The van der Waals surface area contributed by atoms with E-state index in [0.29, 0.717) is 15.7 Å². The van der Waals surface area contributed by atoms with E-state index in [4.69, 9.17) is 23.2 Å². The standard InChI is InChI=1S/C22H31Cl2NO2S/c1-2-3-4-5-6-7-8-9-10-11-12-28-20-16-21(26)25(22(20)27)19-14-17(23)13-18(24)15-19/h13-15,20H,2-12,16H2,1H3/t20-/m0/s1. The summed E-state index contributed by atoms with van der Waals surface area (Å²) >= 11 is 13.6. The molecular formula is C22H31Cl2NO2S. The largest absolute Gasteiger partial charge is 0.274 e. The molecule has 3 nitrogen and oxygen atoms in total. The molecule has 0 bridgehead atoms. The lowest BCUT2D eigenvalue weighted by Gasteiger charge is -2.15. The second-order valence-corrected chi connectivity index (χ2v) is 9.62. The topological polar surface area (TPSA) is 37.4 Å². The molecule has 0 aliphatic carbocycles. The number of carbonyl (C=O) groups is 2. The smallest absolute Gasteiger partial charge is 0.247 e. The summed E-state index contributed by atoms with van der Waals surface area (Å²) in [6.07, 6.45) is 13.2. The number of nitrogens with zero attached hydrogens (tertiary/aromatic N) is 1. The van der Waals surface area contributed by atoms with Crippen molar-refractivity contribution in [2.24, 2.45) is 0 Å². The van der Waals surface area contributed by atoms with Crippen LogP contribution in [-0.2, 0) is 9.59 Å². The number of amides is 2. The highest BCUT2D eigenvalue weighted by atomic mass is 35.5. The zero-order valence-electron chi connectivity index (χ0n) is 16.7. The van der Waals surface area contributed by atoms with Gasteiger partial charge in [0.2, 0.25) is 11.8 Å². The molecule has 1 fully saturated rings.